The lowest BCUT2D eigenvalue weighted by Gasteiger charge is -2.10. The average molecular weight is 311 g/mol. The minimum Gasteiger partial charge on any atom is -0.495 e. The average Bonchev–Trinajstić information content (AvgIpc) is 2.56. The molecule has 116 valence electrons. The van der Waals surface area contributed by atoms with E-state index in [2.05, 4.69) is 25.8 Å². The van der Waals surface area contributed by atoms with Crippen molar-refractivity contribution in [3.63, 3.8) is 0 Å². The number of hydrogen-bond donors (Lipinski definition) is 2. The van der Waals surface area contributed by atoms with E-state index in [4.69, 9.17) is 4.74 Å². The van der Waals surface area contributed by atoms with Gasteiger partial charge in [-0.1, -0.05) is 18.2 Å². The summed E-state index contributed by atoms with van der Waals surface area (Å²) < 4.78 is 18.5. The molecule has 0 atom stereocenters. The second-order valence-corrected chi connectivity index (χ2v) is 4.63. The van der Waals surface area contributed by atoms with E-state index in [1.54, 1.807) is 19.2 Å². The number of aromatic nitrogens is 3. The first-order chi connectivity index (χ1) is 11.2. The first-order valence-electron chi connectivity index (χ1n) is 6.87. The highest BCUT2D eigenvalue weighted by Crippen LogP contribution is 2.25. The van der Waals surface area contributed by atoms with E-state index in [-0.39, 0.29) is 5.82 Å². The topological polar surface area (TPSA) is 72.0 Å². The second-order valence-electron chi connectivity index (χ2n) is 4.63. The molecule has 1 heterocycles. The van der Waals surface area contributed by atoms with Gasteiger partial charge in [-0.2, -0.15) is 10.1 Å². The summed E-state index contributed by atoms with van der Waals surface area (Å²) in [7, 11) is 1.58. The molecule has 0 amide bonds. The maximum absolute atomic E-state index is 13.2. The van der Waals surface area contributed by atoms with Gasteiger partial charge in [0.1, 0.15) is 11.6 Å². The van der Waals surface area contributed by atoms with Crippen LogP contribution in [0, 0.1) is 5.82 Å². The van der Waals surface area contributed by atoms with Gasteiger partial charge in [0, 0.05) is 5.69 Å². The van der Waals surface area contributed by atoms with Crippen LogP contribution in [0.25, 0.3) is 0 Å². The normalized spacial score (nSPS) is 10.2. The van der Waals surface area contributed by atoms with E-state index in [0.717, 1.165) is 5.69 Å². The van der Waals surface area contributed by atoms with Crippen molar-refractivity contribution >= 4 is 23.1 Å². The van der Waals surface area contributed by atoms with Gasteiger partial charge in [0.15, 0.2) is 5.82 Å². The smallest absolute Gasteiger partial charge is 0.249 e. The first-order valence-corrected chi connectivity index (χ1v) is 6.87. The predicted molar refractivity (Wildman–Crippen MR) is 85.8 cm³/mol. The zero-order chi connectivity index (χ0) is 16.1. The summed E-state index contributed by atoms with van der Waals surface area (Å²) >= 11 is 0. The Morgan fingerprint density at radius 3 is 2.74 bits per heavy atom. The van der Waals surface area contributed by atoms with Gasteiger partial charge in [0.25, 0.3) is 0 Å². The molecule has 0 spiro atoms. The molecule has 3 rings (SSSR count). The third-order valence-corrected chi connectivity index (χ3v) is 3.01. The molecule has 0 fully saturated rings. The lowest BCUT2D eigenvalue weighted by molar-refractivity contribution is 0.417. The van der Waals surface area contributed by atoms with Crippen LogP contribution in [0.3, 0.4) is 0 Å². The van der Waals surface area contributed by atoms with Gasteiger partial charge in [0.05, 0.1) is 19.0 Å². The van der Waals surface area contributed by atoms with Gasteiger partial charge in [-0.3, -0.25) is 0 Å². The zero-order valence-corrected chi connectivity index (χ0v) is 12.3. The molecule has 0 unspecified atom stereocenters. The molecular weight excluding hydrogens is 297 g/mol. The highest BCUT2D eigenvalue weighted by molar-refractivity contribution is 5.63. The molecule has 1 aromatic heterocycles. The molecule has 0 aliphatic heterocycles. The van der Waals surface area contributed by atoms with Crippen LogP contribution in [0.2, 0.25) is 0 Å². The number of nitrogens with one attached hydrogen (secondary N) is 2. The molecule has 6 nitrogen and oxygen atoms in total. The maximum Gasteiger partial charge on any atom is 0.249 e. The number of hydrogen-bond acceptors (Lipinski definition) is 6. The lowest BCUT2D eigenvalue weighted by Crippen LogP contribution is -2.03. The van der Waals surface area contributed by atoms with Crippen LogP contribution in [-0.4, -0.2) is 22.3 Å². The SMILES string of the molecule is COc1ccccc1Nc1nncc(Nc2cccc(F)c2)n1. The van der Waals surface area contributed by atoms with E-state index in [0.29, 0.717) is 23.2 Å². The Kier molecular flexibility index (Phi) is 4.28. The highest BCUT2D eigenvalue weighted by atomic mass is 19.1. The van der Waals surface area contributed by atoms with Crippen LogP contribution < -0.4 is 15.4 Å². The van der Waals surface area contributed by atoms with Crippen molar-refractivity contribution in [1.82, 2.24) is 15.2 Å². The number of methoxy groups -OCH3 is 1. The Morgan fingerprint density at radius 1 is 1.04 bits per heavy atom. The molecule has 0 aliphatic rings. The maximum atomic E-state index is 13.2. The molecule has 23 heavy (non-hydrogen) atoms. The molecule has 0 saturated carbocycles. The minimum atomic E-state index is -0.329. The largest absolute Gasteiger partial charge is 0.495 e. The van der Waals surface area contributed by atoms with Crippen LogP contribution in [-0.2, 0) is 0 Å². The van der Waals surface area contributed by atoms with Gasteiger partial charge in [-0.15, -0.1) is 5.10 Å². The summed E-state index contributed by atoms with van der Waals surface area (Å²) in [6.07, 6.45) is 1.46. The predicted octanol–water partition coefficient (Wildman–Crippen LogP) is 3.51. The van der Waals surface area contributed by atoms with Crippen molar-refractivity contribution in [1.29, 1.82) is 0 Å². The number of rotatable bonds is 5. The fourth-order valence-corrected chi connectivity index (χ4v) is 2.00. The third-order valence-electron chi connectivity index (χ3n) is 3.01. The summed E-state index contributed by atoms with van der Waals surface area (Å²) in [5.41, 5.74) is 1.30. The second kappa shape index (κ2) is 6.69. The quantitative estimate of drug-likeness (QED) is 0.751. The Balaban J connectivity index is 1.80. The van der Waals surface area contributed by atoms with Gasteiger partial charge >= 0.3 is 0 Å². The monoisotopic (exact) mass is 311 g/mol. The fraction of sp³-hybridized carbons (Fsp3) is 0.0625. The van der Waals surface area contributed by atoms with Crippen LogP contribution in [0.15, 0.2) is 54.7 Å². The van der Waals surface area contributed by atoms with Crippen molar-refractivity contribution in [2.45, 2.75) is 0 Å². The van der Waals surface area contributed by atoms with Gasteiger partial charge in [0.2, 0.25) is 5.95 Å². The first kappa shape index (κ1) is 14.7. The van der Waals surface area contributed by atoms with Crippen molar-refractivity contribution in [2.24, 2.45) is 0 Å². The van der Waals surface area contributed by atoms with Crippen molar-refractivity contribution < 1.29 is 9.13 Å². The Morgan fingerprint density at radius 2 is 1.91 bits per heavy atom. The summed E-state index contributed by atoms with van der Waals surface area (Å²) in [5.74, 6) is 1.09. The van der Waals surface area contributed by atoms with Crippen LogP contribution in [0.4, 0.5) is 27.5 Å². The summed E-state index contributed by atoms with van der Waals surface area (Å²) in [4.78, 5) is 4.29. The number of para-hydroxylation sites is 2. The molecule has 0 saturated heterocycles. The molecule has 0 radical (unpaired) electrons. The number of halogens is 1. The fourth-order valence-electron chi connectivity index (χ4n) is 2.00. The molecule has 3 aromatic rings. The van der Waals surface area contributed by atoms with Gasteiger partial charge in [-0.05, 0) is 30.3 Å². The van der Waals surface area contributed by atoms with Crippen molar-refractivity contribution in [3.05, 3.63) is 60.5 Å². The highest BCUT2D eigenvalue weighted by Gasteiger charge is 2.06. The number of ether oxygens (including phenoxy) is 1. The third kappa shape index (κ3) is 3.70. The minimum absolute atomic E-state index is 0.302. The summed E-state index contributed by atoms with van der Waals surface area (Å²) in [6.45, 7) is 0. The summed E-state index contributed by atoms with van der Waals surface area (Å²) in [5, 5.41) is 13.8. The standard InChI is InChI=1S/C16H14FN5O/c1-23-14-8-3-2-7-13(14)20-16-21-15(10-18-22-16)19-12-6-4-5-11(17)9-12/h2-10H,1H3,(H2,19,20,21,22). The van der Waals surface area contributed by atoms with Gasteiger partial charge in [-0.25, -0.2) is 4.39 Å². The van der Waals surface area contributed by atoms with E-state index in [1.807, 2.05) is 24.3 Å². The Labute approximate surface area is 132 Å². The molecule has 0 bridgehead atoms. The number of anilines is 4. The van der Waals surface area contributed by atoms with Crippen molar-refractivity contribution in [2.75, 3.05) is 17.7 Å². The molecule has 2 N–H and O–H groups in total. The summed E-state index contributed by atoms with van der Waals surface area (Å²) in [6, 6.07) is 13.5. The zero-order valence-electron chi connectivity index (χ0n) is 12.3. The van der Waals surface area contributed by atoms with E-state index in [1.165, 1.54) is 18.3 Å². The number of nitrogens with zero attached hydrogens (tertiary/aromatic N) is 3. The van der Waals surface area contributed by atoms with E-state index < -0.39 is 0 Å². The Bertz CT molecular complexity index is 812. The molecular formula is C16H14FN5O. The van der Waals surface area contributed by atoms with Crippen LogP contribution in [0.1, 0.15) is 0 Å². The lowest BCUT2D eigenvalue weighted by atomic mass is 10.3. The molecule has 7 heteroatoms. The molecule has 2 aromatic carbocycles. The molecule has 0 aliphatic carbocycles. The van der Waals surface area contributed by atoms with E-state index in [9.17, 15) is 4.39 Å². The van der Waals surface area contributed by atoms with Crippen molar-refractivity contribution in [3.8, 4) is 5.75 Å². The van der Waals surface area contributed by atoms with Gasteiger partial charge < -0.3 is 15.4 Å². The van der Waals surface area contributed by atoms with Crippen LogP contribution in [0.5, 0.6) is 5.75 Å². The number of benzene rings is 2. The van der Waals surface area contributed by atoms with Crippen LogP contribution >= 0.6 is 0 Å². The van der Waals surface area contributed by atoms with E-state index >= 15 is 0 Å². The Hall–Kier alpha value is -3.22.